The van der Waals surface area contributed by atoms with E-state index in [-0.39, 0.29) is 28.1 Å². The van der Waals surface area contributed by atoms with E-state index in [0.717, 1.165) is 0 Å². The second-order valence-electron chi connectivity index (χ2n) is 8.23. The molecule has 37 heavy (non-hydrogen) atoms. The molecule has 0 aliphatic rings. The first-order chi connectivity index (χ1) is 17.9. The van der Waals surface area contributed by atoms with Gasteiger partial charge in [0, 0.05) is 6.07 Å². The normalized spacial score (nSPS) is 10.7. The van der Waals surface area contributed by atoms with Crippen molar-refractivity contribution in [3.8, 4) is 39.5 Å². The van der Waals surface area contributed by atoms with Gasteiger partial charge in [0.05, 0.1) is 21.9 Å². The Balaban J connectivity index is 0.000000152. The molecule has 7 nitrogen and oxygen atoms in total. The van der Waals surface area contributed by atoms with Crippen LogP contribution in [0.2, 0.25) is 0 Å². The molecule has 182 valence electrons. The zero-order chi connectivity index (χ0) is 25.9. The molecule has 0 bridgehead atoms. The summed E-state index contributed by atoms with van der Waals surface area (Å²) in [4.78, 5) is 24.6. The average Bonchev–Trinajstić information content (AvgIpc) is 2.90. The molecule has 0 spiro atoms. The Morgan fingerprint density at radius 3 is 1.81 bits per heavy atom. The smallest absolute Gasteiger partial charge is 0.200 e. The van der Waals surface area contributed by atoms with Gasteiger partial charge in [0.15, 0.2) is 10.9 Å². The molecule has 0 saturated carbocycles. The van der Waals surface area contributed by atoms with E-state index in [9.17, 15) is 24.9 Å². The lowest BCUT2D eigenvalue weighted by Gasteiger charge is -2.03. The maximum absolute atomic E-state index is 12.3. The Morgan fingerprint density at radius 1 is 0.486 bits per heavy atom. The molecule has 0 fully saturated rings. The molecular weight excluding hydrogens is 472 g/mol. The second kappa shape index (κ2) is 9.75. The third-order valence-electron chi connectivity index (χ3n) is 5.77. The quantitative estimate of drug-likeness (QED) is 0.270. The predicted molar refractivity (Wildman–Crippen MR) is 141 cm³/mol. The standard InChI is InChI=1S/C15H10O4.C15H10O3/c16-10-3-1-9(2-4-10)13-8-19-14-7-11(17)5-6-12(14)15(13)18;16-11-5-3-4-10(8-11)13-9-18-14-7-2-1-6-12(14)15(13)17/h1-8,16-17H;1-9,16H. The second-order valence-corrected chi connectivity index (χ2v) is 8.23. The summed E-state index contributed by atoms with van der Waals surface area (Å²) in [6, 6.07) is 24.3. The van der Waals surface area contributed by atoms with Crippen LogP contribution < -0.4 is 10.9 Å². The number of para-hydroxylation sites is 1. The number of phenolic OH excluding ortho intramolecular Hbond substituents is 3. The van der Waals surface area contributed by atoms with Gasteiger partial charge in [0.2, 0.25) is 0 Å². The largest absolute Gasteiger partial charge is 0.508 e. The average molecular weight is 492 g/mol. The summed E-state index contributed by atoms with van der Waals surface area (Å²) in [6.45, 7) is 0. The maximum atomic E-state index is 12.3. The predicted octanol–water partition coefficient (Wildman–Crippen LogP) is 6.04. The third kappa shape index (κ3) is 4.78. The lowest BCUT2D eigenvalue weighted by Crippen LogP contribution is -2.04. The molecule has 3 N–H and O–H groups in total. The molecule has 6 aromatic rings. The van der Waals surface area contributed by atoms with Crippen molar-refractivity contribution in [3.63, 3.8) is 0 Å². The van der Waals surface area contributed by atoms with Crippen LogP contribution in [0.1, 0.15) is 0 Å². The van der Waals surface area contributed by atoms with E-state index >= 15 is 0 Å². The Labute approximate surface area is 209 Å². The highest BCUT2D eigenvalue weighted by Crippen LogP contribution is 2.24. The lowest BCUT2D eigenvalue weighted by molar-refractivity contribution is 0.473. The van der Waals surface area contributed by atoms with Gasteiger partial charge in [-0.25, -0.2) is 0 Å². The van der Waals surface area contributed by atoms with Crippen molar-refractivity contribution in [1.29, 1.82) is 0 Å². The molecule has 0 aliphatic carbocycles. The maximum Gasteiger partial charge on any atom is 0.200 e. The highest BCUT2D eigenvalue weighted by molar-refractivity contribution is 5.83. The van der Waals surface area contributed by atoms with Gasteiger partial charge in [0.1, 0.15) is 40.9 Å². The molecule has 6 rings (SSSR count). The van der Waals surface area contributed by atoms with Crippen LogP contribution in [0.5, 0.6) is 17.2 Å². The van der Waals surface area contributed by atoms with Crippen molar-refractivity contribution >= 4 is 21.9 Å². The lowest BCUT2D eigenvalue weighted by atomic mass is 10.1. The van der Waals surface area contributed by atoms with Crippen LogP contribution in [0.25, 0.3) is 44.2 Å². The molecule has 0 radical (unpaired) electrons. The van der Waals surface area contributed by atoms with Crippen molar-refractivity contribution in [2.75, 3.05) is 0 Å². The minimum atomic E-state index is -0.174. The number of rotatable bonds is 2. The van der Waals surface area contributed by atoms with Crippen LogP contribution in [0.3, 0.4) is 0 Å². The van der Waals surface area contributed by atoms with Crippen LogP contribution in [0.4, 0.5) is 0 Å². The fourth-order valence-electron chi connectivity index (χ4n) is 3.91. The Hall–Kier alpha value is -5.30. The zero-order valence-electron chi connectivity index (χ0n) is 19.3. The van der Waals surface area contributed by atoms with Crippen molar-refractivity contribution in [2.24, 2.45) is 0 Å². The van der Waals surface area contributed by atoms with Gasteiger partial charge in [-0.2, -0.15) is 0 Å². The third-order valence-corrected chi connectivity index (χ3v) is 5.77. The van der Waals surface area contributed by atoms with Crippen LogP contribution in [0.15, 0.2) is 122 Å². The fraction of sp³-hybridized carbons (Fsp3) is 0. The van der Waals surface area contributed by atoms with E-state index < -0.39 is 0 Å². The Morgan fingerprint density at radius 2 is 1.08 bits per heavy atom. The summed E-state index contributed by atoms with van der Waals surface area (Å²) in [5.74, 6) is 0.312. The molecule has 0 amide bonds. The molecule has 0 unspecified atom stereocenters. The summed E-state index contributed by atoms with van der Waals surface area (Å²) < 4.78 is 10.8. The van der Waals surface area contributed by atoms with Gasteiger partial charge in [0.25, 0.3) is 0 Å². The minimum absolute atomic E-state index is 0.0491. The van der Waals surface area contributed by atoms with Crippen LogP contribution in [-0.2, 0) is 0 Å². The summed E-state index contributed by atoms with van der Waals surface area (Å²) >= 11 is 0. The van der Waals surface area contributed by atoms with Crippen molar-refractivity contribution < 1.29 is 24.2 Å². The van der Waals surface area contributed by atoms with Gasteiger partial charge in [-0.15, -0.1) is 0 Å². The molecule has 7 heteroatoms. The molecule has 0 aliphatic heterocycles. The number of hydrogen-bond acceptors (Lipinski definition) is 7. The number of benzene rings is 4. The first kappa shape index (κ1) is 23.4. The van der Waals surface area contributed by atoms with Gasteiger partial charge >= 0.3 is 0 Å². The summed E-state index contributed by atoms with van der Waals surface area (Å²) in [5.41, 5.74) is 2.81. The first-order valence-electron chi connectivity index (χ1n) is 11.2. The number of hydrogen-bond donors (Lipinski definition) is 3. The highest BCUT2D eigenvalue weighted by atomic mass is 16.3. The van der Waals surface area contributed by atoms with Gasteiger partial charge in [-0.05, 0) is 59.7 Å². The van der Waals surface area contributed by atoms with E-state index in [2.05, 4.69) is 0 Å². The van der Waals surface area contributed by atoms with E-state index in [1.54, 1.807) is 54.6 Å². The SMILES string of the molecule is O=c1c(-c2ccc(O)cc2)coc2cc(O)ccc12.O=c1c(-c2cccc(O)c2)coc2ccccc12. The molecule has 4 aromatic carbocycles. The van der Waals surface area contributed by atoms with E-state index in [4.69, 9.17) is 8.83 Å². The summed E-state index contributed by atoms with van der Waals surface area (Å²) in [7, 11) is 0. The molecule has 0 atom stereocenters. The van der Waals surface area contributed by atoms with E-state index in [1.807, 2.05) is 6.07 Å². The van der Waals surface area contributed by atoms with Crippen LogP contribution in [-0.4, -0.2) is 15.3 Å². The van der Waals surface area contributed by atoms with Crippen LogP contribution >= 0.6 is 0 Å². The summed E-state index contributed by atoms with van der Waals surface area (Å²) in [5, 5.41) is 29.0. The van der Waals surface area contributed by atoms with Crippen molar-refractivity contribution in [1.82, 2.24) is 0 Å². The molecule has 2 aromatic heterocycles. The first-order valence-corrected chi connectivity index (χ1v) is 11.2. The van der Waals surface area contributed by atoms with Crippen LogP contribution in [0, 0.1) is 0 Å². The van der Waals surface area contributed by atoms with E-state index in [1.165, 1.54) is 42.9 Å². The minimum Gasteiger partial charge on any atom is -0.508 e. The zero-order valence-corrected chi connectivity index (χ0v) is 19.3. The van der Waals surface area contributed by atoms with Crippen molar-refractivity contribution in [2.45, 2.75) is 0 Å². The molecule has 2 heterocycles. The van der Waals surface area contributed by atoms with E-state index in [0.29, 0.717) is 44.2 Å². The van der Waals surface area contributed by atoms with Crippen molar-refractivity contribution in [3.05, 3.63) is 124 Å². The monoisotopic (exact) mass is 492 g/mol. The number of aromatic hydroxyl groups is 3. The van der Waals surface area contributed by atoms with Gasteiger partial charge in [-0.1, -0.05) is 36.4 Å². The summed E-state index contributed by atoms with van der Waals surface area (Å²) in [6.07, 6.45) is 2.79. The number of fused-ring (bicyclic) bond motifs is 2. The fourth-order valence-corrected chi connectivity index (χ4v) is 3.91. The molecular formula is C30H20O7. The van der Waals surface area contributed by atoms with Gasteiger partial charge < -0.3 is 24.2 Å². The van der Waals surface area contributed by atoms with Gasteiger partial charge in [-0.3, -0.25) is 9.59 Å². The topological polar surface area (TPSA) is 121 Å². The highest BCUT2D eigenvalue weighted by Gasteiger charge is 2.10. The molecule has 0 saturated heterocycles. The Kier molecular flexibility index (Phi) is 6.18. The Bertz CT molecular complexity index is 1850. The number of phenols is 3.